The fraction of sp³-hybridized carbons (Fsp3) is 0.615. The summed E-state index contributed by atoms with van der Waals surface area (Å²) in [5.41, 5.74) is 3.13. The van der Waals surface area contributed by atoms with Crippen LogP contribution in [0.2, 0.25) is 0 Å². The number of hydrogen-bond acceptors (Lipinski definition) is 4. The zero-order valence-electron chi connectivity index (χ0n) is 10.9. The van der Waals surface area contributed by atoms with Crippen LogP contribution in [0.5, 0.6) is 0 Å². The average molecular weight is 235 g/mol. The second kappa shape index (κ2) is 5.02. The number of aryl methyl sites for hydroxylation is 2. The second-order valence-electron chi connectivity index (χ2n) is 4.83. The number of aliphatic hydroxyl groups is 1. The van der Waals surface area contributed by atoms with E-state index in [9.17, 15) is 5.11 Å². The van der Waals surface area contributed by atoms with Crippen molar-refractivity contribution in [1.29, 1.82) is 0 Å². The second-order valence-corrected chi connectivity index (χ2v) is 4.83. The van der Waals surface area contributed by atoms with Crippen LogP contribution in [0.25, 0.3) is 0 Å². The molecular weight excluding hydrogens is 214 g/mol. The average Bonchev–Trinajstić information content (AvgIpc) is 2.29. The van der Waals surface area contributed by atoms with Gasteiger partial charge in [0.05, 0.1) is 6.61 Å². The molecule has 0 atom stereocenters. The fourth-order valence-electron chi connectivity index (χ4n) is 2.32. The molecule has 1 N–H and O–H groups in total. The van der Waals surface area contributed by atoms with Crippen LogP contribution in [-0.2, 0) is 6.61 Å². The number of rotatable bonds is 2. The molecule has 0 aromatic carbocycles. The Morgan fingerprint density at radius 2 is 1.88 bits per heavy atom. The first kappa shape index (κ1) is 12.3. The van der Waals surface area contributed by atoms with Crippen molar-refractivity contribution in [3.63, 3.8) is 0 Å². The van der Waals surface area contributed by atoms with Gasteiger partial charge in [0.25, 0.3) is 0 Å². The summed E-state index contributed by atoms with van der Waals surface area (Å²) in [5.74, 6) is 0.970. The van der Waals surface area contributed by atoms with E-state index in [0.29, 0.717) is 0 Å². The first-order chi connectivity index (χ1) is 8.11. The molecule has 4 nitrogen and oxygen atoms in total. The first-order valence-corrected chi connectivity index (χ1v) is 6.13. The molecule has 0 spiro atoms. The molecule has 0 aliphatic carbocycles. The molecule has 4 heteroatoms. The van der Waals surface area contributed by atoms with E-state index in [1.165, 1.54) is 0 Å². The lowest BCUT2D eigenvalue weighted by molar-refractivity contribution is 0.278. The lowest BCUT2D eigenvalue weighted by Crippen LogP contribution is -2.45. The molecule has 1 aromatic heterocycles. The number of nitrogens with zero attached hydrogens (tertiary/aromatic N) is 3. The highest BCUT2D eigenvalue weighted by Gasteiger charge is 2.19. The van der Waals surface area contributed by atoms with E-state index >= 15 is 0 Å². The van der Waals surface area contributed by atoms with Crippen molar-refractivity contribution in [1.82, 2.24) is 9.88 Å². The maximum atomic E-state index is 9.50. The van der Waals surface area contributed by atoms with Crippen LogP contribution < -0.4 is 4.90 Å². The van der Waals surface area contributed by atoms with Crippen LogP contribution in [0.4, 0.5) is 5.82 Å². The number of hydrogen-bond donors (Lipinski definition) is 1. The Morgan fingerprint density at radius 1 is 1.24 bits per heavy atom. The minimum absolute atomic E-state index is 0.0702. The van der Waals surface area contributed by atoms with Gasteiger partial charge in [-0.15, -0.1) is 0 Å². The van der Waals surface area contributed by atoms with Gasteiger partial charge in [0.2, 0.25) is 0 Å². The monoisotopic (exact) mass is 235 g/mol. The molecular formula is C13H21N3O. The SMILES string of the molecule is Cc1cc(C)c(CO)c(N2CCN(C)CC2)n1. The van der Waals surface area contributed by atoms with Crippen LogP contribution in [0.1, 0.15) is 16.8 Å². The van der Waals surface area contributed by atoms with Gasteiger partial charge >= 0.3 is 0 Å². The molecule has 17 heavy (non-hydrogen) atoms. The predicted molar refractivity (Wildman–Crippen MR) is 69.3 cm³/mol. The summed E-state index contributed by atoms with van der Waals surface area (Å²) >= 11 is 0. The van der Waals surface area contributed by atoms with E-state index in [-0.39, 0.29) is 6.61 Å². The van der Waals surface area contributed by atoms with Crippen molar-refractivity contribution >= 4 is 5.82 Å². The third kappa shape index (κ3) is 2.58. The van der Waals surface area contributed by atoms with Crippen LogP contribution >= 0.6 is 0 Å². The van der Waals surface area contributed by atoms with Crippen molar-refractivity contribution in [3.8, 4) is 0 Å². The summed E-state index contributed by atoms with van der Waals surface area (Å²) in [6.07, 6.45) is 0. The van der Waals surface area contributed by atoms with Crippen LogP contribution in [0.15, 0.2) is 6.07 Å². The molecule has 94 valence electrons. The number of pyridine rings is 1. The topological polar surface area (TPSA) is 39.6 Å². The molecule has 0 unspecified atom stereocenters. The highest BCUT2D eigenvalue weighted by atomic mass is 16.3. The molecule has 1 fully saturated rings. The van der Waals surface area contributed by atoms with E-state index in [0.717, 1.165) is 48.8 Å². The van der Waals surface area contributed by atoms with Crippen LogP contribution in [-0.4, -0.2) is 48.2 Å². The predicted octanol–water partition coefficient (Wildman–Crippen LogP) is 0.943. The van der Waals surface area contributed by atoms with Gasteiger partial charge < -0.3 is 14.9 Å². The van der Waals surface area contributed by atoms with Crippen molar-refractivity contribution in [2.45, 2.75) is 20.5 Å². The quantitative estimate of drug-likeness (QED) is 0.828. The minimum atomic E-state index is 0.0702. The van der Waals surface area contributed by atoms with Crippen molar-refractivity contribution in [3.05, 3.63) is 22.9 Å². The molecule has 0 radical (unpaired) electrons. The lowest BCUT2D eigenvalue weighted by atomic mass is 10.1. The van der Waals surface area contributed by atoms with E-state index in [1.807, 2.05) is 19.9 Å². The molecule has 1 saturated heterocycles. The maximum absolute atomic E-state index is 9.50. The molecule has 0 saturated carbocycles. The normalized spacial score (nSPS) is 17.5. The Bertz CT molecular complexity index is 398. The number of piperazine rings is 1. The Hall–Kier alpha value is -1.13. The zero-order chi connectivity index (χ0) is 12.4. The van der Waals surface area contributed by atoms with Crippen molar-refractivity contribution in [2.24, 2.45) is 0 Å². The number of likely N-dealkylation sites (N-methyl/N-ethyl adjacent to an activating group) is 1. The van der Waals surface area contributed by atoms with Crippen molar-refractivity contribution < 1.29 is 5.11 Å². The molecule has 2 rings (SSSR count). The van der Waals surface area contributed by atoms with E-state index in [4.69, 9.17) is 0 Å². The summed E-state index contributed by atoms with van der Waals surface area (Å²) in [6, 6.07) is 2.03. The highest BCUT2D eigenvalue weighted by Crippen LogP contribution is 2.23. The Balaban J connectivity index is 2.30. The number of aliphatic hydroxyl groups excluding tert-OH is 1. The smallest absolute Gasteiger partial charge is 0.134 e. The largest absolute Gasteiger partial charge is 0.392 e. The Labute approximate surface area is 103 Å². The molecule has 1 aromatic rings. The summed E-state index contributed by atoms with van der Waals surface area (Å²) in [6.45, 7) is 8.20. The van der Waals surface area contributed by atoms with Crippen LogP contribution in [0.3, 0.4) is 0 Å². The molecule has 0 amide bonds. The molecule has 2 heterocycles. The number of anilines is 1. The fourth-order valence-corrected chi connectivity index (χ4v) is 2.32. The van der Waals surface area contributed by atoms with E-state index in [2.05, 4.69) is 21.8 Å². The highest BCUT2D eigenvalue weighted by molar-refractivity contribution is 5.51. The summed E-state index contributed by atoms with van der Waals surface area (Å²) in [7, 11) is 2.14. The van der Waals surface area contributed by atoms with E-state index in [1.54, 1.807) is 0 Å². The third-order valence-corrected chi connectivity index (χ3v) is 3.41. The van der Waals surface area contributed by atoms with Gasteiger partial charge in [0, 0.05) is 37.4 Å². The summed E-state index contributed by atoms with van der Waals surface area (Å²) in [4.78, 5) is 9.20. The van der Waals surface area contributed by atoms with Gasteiger partial charge in [-0.25, -0.2) is 4.98 Å². The maximum Gasteiger partial charge on any atom is 0.134 e. The Morgan fingerprint density at radius 3 is 2.47 bits per heavy atom. The van der Waals surface area contributed by atoms with Gasteiger partial charge in [0.15, 0.2) is 0 Å². The first-order valence-electron chi connectivity index (χ1n) is 6.13. The van der Waals surface area contributed by atoms with Gasteiger partial charge in [-0.05, 0) is 32.5 Å². The van der Waals surface area contributed by atoms with Crippen LogP contribution in [0, 0.1) is 13.8 Å². The van der Waals surface area contributed by atoms with Gasteiger partial charge in [-0.2, -0.15) is 0 Å². The van der Waals surface area contributed by atoms with Gasteiger partial charge in [-0.1, -0.05) is 0 Å². The van der Waals surface area contributed by atoms with Gasteiger partial charge in [0.1, 0.15) is 5.82 Å². The summed E-state index contributed by atoms with van der Waals surface area (Å²) in [5, 5.41) is 9.50. The zero-order valence-corrected chi connectivity index (χ0v) is 10.9. The molecule has 1 aliphatic heterocycles. The van der Waals surface area contributed by atoms with E-state index < -0.39 is 0 Å². The molecule has 0 bridgehead atoms. The number of aromatic nitrogens is 1. The summed E-state index contributed by atoms with van der Waals surface area (Å²) < 4.78 is 0. The Kier molecular flexibility index (Phi) is 3.64. The molecule has 1 aliphatic rings. The lowest BCUT2D eigenvalue weighted by Gasteiger charge is -2.34. The standard InChI is InChI=1S/C13H21N3O/c1-10-8-11(2)14-13(12(10)9-17)16-6-4-15(3)5-7-16/h8,17H,4-7,9H2,1-3H3. The third-order valence-electron chi connectivity index (χ3n) is 3.41. The minimum Gasteiger partial charge on any atom is -0.392 e. The van der Waals surface area contributed by atoms with Crippen molar-refractivity contribution in [2.75, 3.05) is 38.1 Å². The van der Waals surface area contributed by atoms with Gasteiger partial charge in [-0.3, -0.25) is 0 Å².